The number of aliphatic hydroxyl groups excluding tert-OH is 1. The van der Waals surface area contributed by atoms with E-state index in [0.29, 0.717) is 25.8 Å². The Morgan fingerprint density at radius 1 is 1.26 bits per heavy atom. The molecule has 1 aromatic heterocycles. The highest BCUT2D eigenvalue weighted by Crippen LogP contribution is 2.59. The molecular formula is C23H29BrN6O5. The molecule has 0 radical (unpaired) electrons. The Kier molecular flexibility index (Phi) is 6.53. The molecule has 11 nitrogen and oxygen atoms in total. The summed E-state index contributed by atoms with van der Waals surface area (Å²) in [6, 6.07) is 6.58. The van der Waals surface area contributed by atoms with Crippen molar-refractivity contribution < 1.29 is 24.2 Å². The second kappa shape index (κ2) is 9.47. The minimum atomic E-state index is -1.08. The van der Waals surface area contributed by atoms with E-state index in [1.807, 2.05) is 24.3 Å². The molecule has 3 aliphatic heterocycles. The number of benzene rings is 1. The number of nitrogens with one attached hydrogen (secondary N) is 2. The summed E-state index contributed by atoms with van der Waals surface area (Å²) in [6.45, 7) is 0.511. The van der Waals surface area contributed by atoms with Crippen molar-refractivity contribution in [1.82, 2.24) is 30.5 Å². The second-order valence-electron chi connectivity index (χ2n) is 9.37. The van der Waals surface area contributed by atoms with Gasteiger partial charge in [-0.15, -0.1) is 5.10 Å². The Morgan fingerprint density at radius 3 is 2.83 bits per heavy atom. The van der Waals surface area contributed by atoms with Gasteiger partial charge in [-0.1, -0.05) is 33.3 Å². The van der Waals surface area contributed by atoms with Gasteiger partial charge >= 0.3 is 0 Å². The number of hydrogen-bond acceptors (Lipinski definition) is 7. The van der Waals surface area contributed by atoms with Crippen LogP contribution in [0.15, 0.2) is 24.3 Å². The number of likely N-dealkylation sites (tertiary alicyclic amines) is 1. The van der Waals surface area contributed by atoms with Crippen LogP contribution in [0.4, 0.5) is 0 Å². The molecule has 0 aliphatic carbocycles. The third-order valence-corrected chi connectivity index (χ3v) is 8.31. The average Bonchev–Trinajstić information content (AvgIpc) is 3.57. The van der Waals surface area contributed by atoms with Crippen LogP contribution in [0, 0.1) is 11.8 Å². The standard InChI is InChI=1S/C23H29BrN6O5/c1-25-20(32)16-17-22(34)29(9-5-2-6-10-31)19(23(17)11-13(24)18(16)35-23)21(33)26-12-30-15-8-4-3-7-14(15)27-28-30/h3-4,7-8,13,16-19,31H,2,5-6,9-12H2,1H3,(H,25,32)(H,26,33)/t13?,16-,17-,18-,19?,23?/m0/s1. The highest BCUT2D eigenvalue weighted by Gasteiger charge is 2.76. The first-order valence-corrected chi connectivity index (χ1v) is 12.8. The quantitative estimate of drug-likeness (QED) is 0.299. The fourth-order valence-electron chi connectivity index (χ4n) is 5.99. The monoisotopic (exact) mass is 548 g/mol. The number of rotatable bonds is 9. The molecule has 2 bridgehead atoms. The lowest BCUT2D eigenvalue weighted by Crippen LogP contribution is -2.56. The fraction of sp³-hybridized carbons (Fsp3) is 0.609. The van der Waals surface area contributed by atoms with Crippen molar-refractivity contribution in [3.05, 3.63) is 24.3 Å². The van der Waals surface area contributed by atoms with Crippen molar-refractivity contribution in [1.29, 1.82) is 0 Å². The summed E-state index contributed by atoms with van der Waals surface area (Å²) in [5, 5.41) is 23.0. The van der Waals surface area contributed by atoms with Crippen LogP contribution in [0.2, 0.25) is 0 Å². The van der Waals surface area contributed by atoms with E-state index in [-0.39, 0.29) is 35.8 Å². The predicted octanol–water partition coefficient (Wildman–Crippen LogP) is 0.162. The summed E-state index contributed by atoms with van der Waals surface area (Å²) in [4.78, 5) is 41.6. The van der Waals surface area contributed by atoms with Crippen LogP contribution < -0.4 is 10.6 Å². The Bertz CT molecular complexity index is 1140. The zero-order valence-corrected chi connectivity index (χ0v) is 21.0. The number of para-hydroxylation sites is 1. The number of fused-ring (bicyclic) bond motifs is 2. The number of aliphatic hydroxyl groups is 1. The number of nitrogens with zero attached hydrogens (tertiary/aromatic N) is 4. The van der Waals surface area contributed by atoms with Gasteiger partial charge in [0.05, 0.1) is 23.5 Å². The Balaban J connectivity index is 1.43. The molecule has 3 unspecified atom stereocenters. The molecule has 4 heterocycles. The largest absolute Gasteiger partial charge is 0.396 e. The molecule has 35 heavy (non-hydrogen) atoms. The molecule has 2 aromatic rings. The van der Waals surface area contributed by atoms with Gasteiger partial charge in [-0.25, -0.2) is 4.68 Å². The number of ether oxygens (including phenoxy) is 1. The number of unbranched alkanes of at least 4 members (excludes halogenated alkanes) is 2. The molecule has 3 aliphatic rings. The van der Waals surface area contributed by atoms with Crippen molar-refractivity contribution >= 4 is 44.7 Å². The van der Waals surface area contributed by atoms with Crippen LogP contribution >= 0.6 is 15.9 Å². The number of carbonyl (C=O) groups excluding carboxylic acids is 3. The van der Waals surface area contributed by atoms with E-state index in [2.05, 4.69) is 36.9 Å². The lowest BCUT2D eigenvalue weighted by molar-refractivity contribution is -0.142. The van der Waals surface area contributed by atoms with Crippen molar-refractivity contribution in [2.24, 2.45) is 11.8 Å². The summed E-state index contributed by atoms with van der Waals surface area (Å²) in [5.74, 6) is -2.21. The second-order valence-corrected chi connectivity index (χ2v) is 10.5. The summed E-state index contributed by atoms with van der Waals surface area (Å²) in [7, 11) is 1.54. The minimum Gasteiger partial charge on any atom is -0.396 e. The first-order chi connectivity index (χ1) is 16.9. The van der Waals surface area contributed by atoms with E-state index >= 15 is 0 Å². The summed E-state index contributed by atoms with van der Waals surface area (Å²) >= 11 is 3.64. The van der Waals surface area contributed by atoms with Gasteiger partial charge in [0, 0.05) is 25.0 Å². The molecule has 188 valence electrons. The first-order valence-electron chi connectivity index (χ1n) is 11.9. The summed E-state index contributed by atoms with van der Waals surface area (Å²) in [6.07, 6.45) is 1.96. The topological polar surface area (TPSA) is 139 Å². The molecule has 1 aromatic carbocycles. The molecule has 5 rings (SSSR count). The maximum absolute atomic E-state index is 13.7. The van der Waals surface area contributed by atoms with Gasteiger partial charge in [0.1, 0.15) is 23.8 Å². The molecule has 12 heteroatoms. The van der Waals surface area contributed by atoms with E-state index < -0.39 is 29.6 Å². The number of carbonyl (C=O) groups is 3. The lowest BCUT2D eigenvalue weighted by atomic mass is 9.70. The van der Waals surface area contributed by atoms with Gasteiger partial charge in [0.2, 0.25) is 17.7 Å². The van der Waals surface area contributed by atoms with Crippen LogP contribution in [0.25, 0.3) is 11.0 Å². The highest BCUT2D eigenvalue weighted by molar-refractivity contribution is 9.09. The van der Waals surface area contributed by atoms with Gasteiger partial charge in [-0.2, -0.15) is 0 Å². The summed E-state index contributed by atoms with van der Waals surface area (Å²) < 4.78 is 7.99. The van der Waals surface area contributed by atoms with Crippen LogP contribution in [0.3, 0.4) is 0 Å². The Hall–Kier alpha value is -2.57. The number of halogens is 1. The first kappa shape index (κ1) is 24.1. The smallest absolute Gasteiger partial charge is 0.247 e. The highest BCUT2D eigenvalue weighted by atomic mass is 79.9. The van der Waals surface area contributed by atoms with E-state index in [0.717, 1.165) is 17.5 Å². The van der Waals surface area contributed by atoms with Gasteiger partial charge < -0.3 is 25.4 Å². The predicted molar refractivity (Wildman–Crippen MR) is 128 cm³/mol. The van der Waals surface area contributed by atoms with E-state index in [1.165, 1.54) is 0 Å². The Morgan fingerprint density at radius 2 is 2.06 bits per heavy atom. The lowest BCUT2D eigenvalue weighted by Gasteiger charge is -2.34. The number of alkyl halides is 1. The summed E-state index contributed by atoms with van der Waals surface area (Å²) in [5.41, 5.74) is 0.416. The van der Waals surface area contributed by atoms with Crippen LogP contribution in [0.5, 0.6) is 0 Å². The minimum absolute atomic E-state index is 0.0745. The molecule has 3 saturated heterocycles. The van der Waals surface area contributed by atoms with E-state index in [9.17, 15) is 14.4 Å². The molecular weight excluding hydrogens is 520 g/mol. The third kappa shape index (κ3) is 3.82. The zero-order valence-electron chi connectivity index (χ0n) is 19.4. The van der Waals surface area contributed by atoms with E-state index in [1.54, 1.807) is 16.6 Å². The van der Waals surface area contributed by atoms with E-state index in [4.69, 9.17) is 9.84 Å². The number of amides is 3. The molecule has 3 N–H and O–H groups in total. The maximum atomic E-state index is 13.7. The number of aromatic nitrogens is 3. The number of hydrogen-bond donors (Lipinski definition) is 3. The van der Waals surface area contributed by atoms with Crippen molar-refractivity contribution in [2.75, 3.05) is 20.2 Å². The molecule has 3 fully saturated rings. The SMILES string of the molecule is CNC(=O)[C@H]1[C@H]2C(=O)N(CCCCCO)C(C(=O)NCn3nnc4ccccc43)C23CC(Br)[C@@H]1O3. The van der Waals surface area contributed by atoms with Crippen LogP contribution in [-0.2, 0) is 25.8 Å². The molecule has 0 saturated carbocycles. The van der Waals surface area contributed by atoms with Crippen LogP contribution in [0.1, 0.15) is 25.7 Å². The average molecular weight is 549 g/mol. The van der Waals surface area contributed by atoms with Gasteiger partial charge in [-0.05, 0) is 37.8 Å². The fourth-order valence-corrected chi connectivity index (χ4v) is 6.93. The zero-order chi connectivity index (χ0) is 24.7. The van der Waals surface area contributed by atoms with Gasteiger partial charge in [0.15, 0.2) is 0 Å². The van der Waals surface area contributed by atoms with Crippen molar-refractivity contribution in [3.63, 3.8) is 0 Å². The normalized spacial score (nSPS) is 31.2. The van der Waals surface area contributed by atoms with Crippen LogP contribution in [-0.4, -0.2) is 85.5 Å². The molecule has 6 atom stereocenters. The molecule has 1 spiro atoms. The third-order valence-electron chi connectivity index (χ3n) is 7.47. The van der Waals surface area contributed by atoms with Crippen molar-refractivity contribution in [2.45, 2.75) is 54.9 Å². The maximum Gasteiger partial charge on any atom is 0.247 e. The molecule has 3 amide bonds. The van der Waals surface area contributed by atoms with Crippen molar-refractivity contribution in [3.8, 4) is 0 Å². The Labute approximate surface area is 210 Å². The van der Waals surface area contributed by atoms with Gasteiger partial charge in [0.25, 0.3) is 0 Å². The van der Waals surface area contributed by atoms with Gasteiger partial charge in [-0.3, -0.25) is 14.4 Å².